The molecule has 0 aliphatic rings. The standard InChI is InChI=1S/C18H19F3N2O3/c19-18(20,21)12-26-16-8-4-7-14(10-16)22-17(25)23-15(11-24)9-13-5-2-1-3-6-13/h1-8,10,15,24H,9,11-12H2,(H2,22,23,25). The summed E-state index contributed by atoms with van der Waals surface area (Å²) in [6.07, 6.45) is -3.99. The number of urea groups is 1. The van der Waals surface area contributed by atoms with Crippen LogP contribution in [0.2, 0.25) is 0 Å². The first-order valence-electron chi connectivity index (χ1n) is 7.87. The van der Waals surface area contributed by atoms with Crippen molar-refractivity contribution >= 4 is 11.7 Å². The van der Waals surface area contributed by atoms with Crippen molar-refractivity contribution in [3.05, 3.63) is 60.2 Å². The molecule has 2 aromatic rings. The van der Waals surface area contributed by atoms with Crippen molar-refractivity contribution < 1.29 is 27.8 Å². The summed E-state index contributed by atoms with van der Waals surface area (Å²) in [6, 6.07) is 13.9. The first kappa shape index (κ1) is 19.6. The molecule has 0 aromatic heterocycles. The summed E-state index contributed by atoms with van der Waals surface area (Å²) < 4.78 is 41.2. The summed E-state index contributed by atoms with van der Waals surface area (Å²) in [5, 5.41) is 14.5. The highest BCUT2D eigenvalue weighted by Gasteiger charge is 2.28. The van der Waals surface area contributed by atoms with Crippen molar-refractivity contribution in [1.82, 2.24) is 5.32 Å². The van der Waals surface area contributed by atoms with Crippen molar-refractivity contribution in [3.63, 3.8) is 0 Å². The molecule has 0 saturated carbocycles. The second-order valence-electron chi connectivity index (χ2n) is 5.60. The molecule has 3 N–H and O–H groups in total. The molecule has 2 aromatic carbocycles. The lowest BCUT2D eigenvalue weighted by molar-refractivity contribution is -0.153. The van der Waals surface area contributed by atoms with Crippen molar-refractivity contribution in [2.24, 2.45) is 0 Å². The van der Waals surface area contributed by atoms with Gasteiger partial charge in [-0.3, -0.25) is 0 Å². The predicted octanol–water partition coefficient (Wildman–Crippen LogP) is 3.35. The van der Waals surface area contributed by atoms with Crippen molar-refractivity contribution in [2.45, 2.75) is 18.6 Å². The molecule has 0 spiro atoms. The minimum atomic E-state index is -4.44. The molecule has 5 nitrogen and oxygen atoms in total. The first-order chi connectivity index (χ1) is 12.4. The van der Waals surface area contributed by atoms with E-state index in [1.54, 1.807) is 0 Å². The molecule has 0 aliphatic heterocycles. The number of halogens is 3. The largest absolute Gasteiger partial charge is 0.484 e. The lowest BCUT2D eigenvalue weighted by Crippen LogP contribution is -2.41. The number of carbonyl (C=O) groups is 1. The number of alkyl halides is 3. The monoisotopic (exact) mass is 368 g/mol. The Morgan fingerprint density at radius 3 is 2.50 bits per heavy atom. The van der Waals surface area contributed by atoms with Crippen LogP contribution in [0.15, 0.2) is 54.6 Å². The SMILES string of the molecule is O=C(Nc1cccc(OCC(F)(F)F)c1)NC(CO)Cc1ccccc1. The topological polar surface area (TPSA) is 70.6 Å². The normalized spacial score (nSPS) is 12.3. The van der Waals surface area contributed by atoms with E-state index in [0.717, 1.165) is 5.56 Å². The number of aliphatic hydroxyl groups excluding tert-OH is 1. The van der Waals surface area contributed by atoms with E-state index in [1.807, 2.05) is 30.3 Å². The molecule has 0 heterocycles. The van der Waals surface area contributed by atoms with Crippen LogP contribution in [0.3, 0.4) is 0 Å². The summed E-state index contributed by atoms with van der Waals surface area (Å²) in [7, 11) is 0. The average molecular weight is 368 g/mol. The Balaban J connectivity index is 1.90. The van der Waals surface area contributed by atoms with Gasteiger partial charge >= 0.3 is 12.2 Å². The smallest absolute Gasteiger partial charge is 0.422 e. The third kappa shape index (κ3) is 7.02. The molecule has 0 fully saturated rings. The van der Waals surface area contributed by atoms with Crippen LogP contribution < -0.4 is 15.4 Å². The van der Waals surface area contributed by atoms with E-state index in [1.165, 1.54) is 24.3 Å². The van der Waals surface area contributed by atoms with Gasteiger partial charge in [-0.1, -0.05) is 36.4 Å². The zero-order valence-corrected chi connectivity index (χ0v) is 13.8. The van der Waals surface area contributed by atoms with Gasteiger partial charge in [-0.15, -0.1) is 0 Å². The van der Waals surface area contributed by atoms with Gasteiger partial charge in [-0.25, -0.2) is 4.79 Å². The molecule has 0 bridgehead atoms. The number of carbonyl (C=O) groups excluding carboxylic acids is 1. The average Bonchev–Trinajstić information content (AvgIpc) is 2.60. The highest BCUT2D eigenvalue weighted by molar-refractivity contribution is 5.89. The predicted molar refractivity (Wildman–Crippen MR) is 91.2 cm³/mol. The highest BCUT2D eigenvalue weighted by Crippen LogP contribution is 2.21. The Bertz CT molecular complexity index is 708. The van der Waals surface area contributed by atoms with E-state index in [0.29, 0.717) is 6.42 Å². The number of rotatable bonds is 7. The third-order valence-electron chi connectivity index (χ3n) is 3.37. The minimum absolute atomic E-state index is 0.0110. The zero-order valence-electron chi connectivity index (χ0n) is 13.8. The quantitative estimate of drug-likeness (QED) is 0.702. The van der Waals surface area contributed by atoms with Crippen molar-refractivity contribution in [2.75, 3.05) is 18.5 Å². The Kier molecular flexibility index (Phi) is 6.85. The first-order valence-corrected chi connectivity index (χ1v) is 7.87. The molecule has 8 heteroatoms. The highest BCUT2D eigenvalue weighted by atomic mass is 19.4. The van der Waals surface area contributed by atoms with E-state index >= 15 is 0 Å². The number of hydrogen-bond acceptors (Lipinski definition) is 3. The van der Waals surface area contributed by atoms with Gasteiger partial charge in [0.1, 0.15) is 5.75 Å². The fourth-order valence-corrected chi connectivity index (χ4v) is 2.24. The molecule has 0 aliphatic carbocycles. The number of hydrogen-bond donors (Lipinski definition) is 3. The van der Waals surface area contributed by atoms with Crippen LogP contribution >= 0.6 is 0 Å². The maximum Gasteiger partial charge on any atom is 0.422 e. The van der Waals surface area contributed by atoms with Gasteiger partial charge in [0.2, 0.25) is 0 Å². The summed E-state index contributed by atoms with van der Waals surface area (Å²) in [4.78, 5) is 12.0. The summed E-state index contributed by atoms with van der Waals surface area (Å²) >= 11 is 0. The Morgan fingerprint density at radius 1 is 1.12 bits per heavy atom. The number of nitrogens with one attached hydrogen (secondary N) is 2. The van der Waals surface area contributed by atoms with E-state index in [2.05, 4.69) is 15.4 Å². The number of aliphatic hydroxyl groups is 1. The number of ether oxygens (including phenoxy) is 1. The fraction of sp³-hybridized carbons (Fsp3) is 0.278. The van der Waals surface area contributed by atoms with Crippen LogP contribution in [0, 0.1) is 0 Å². The molecule has 26 heavy (non-hydrogen) atoms. The van der Waals surface area contributed by atoms with Crippen LogP contribution in [0.4, 0.5) is 23.7 Å². The molecule has 0 saturated heterocycles. The molecular weight excluding hydrogens is 349 g/mol. The van der Waals surface area contributed by atoms with Gasteiger partial charge in [-0.2, -0.15) is 13.2 Å². The molecule has 2 amide bonds. The molecule has 1 unspecified atom stereocenters. The van der Waals surface area contributed by atoms with Gasteiger partial charge in [0.05, 0.1) is 12.6 Å². The molecule has 1 atom stereocenters. The molecular formula is C18H19F3N2O3. The van der Waals surface area contributed by atoms with Crippen LogP contribution in [0.5, 0.6) is 5.75 Å². The van der Waals surface area contributed by atoms with Crippen LogP contribution in [-0.4, -0.2) is 36.6 Å². The number of benzene rings is 2. The van der Waals surface area contributed by atoms with Crippen molar-refractivity contribution in [1.29, 1.82) is 0 Å². The second-order valence-corrected chi connectivity index (χ2v) is 5.60. The Hall–Kier alpha value is -2.74. The van der Waals surface area contributed by atoms with E-state index in [-0.39, 0.29) is 18.0 Å². The third-order valence-corrected chi connectivity index (χ3v) is 3.37. The summed E-state index contributed by atoms with van der Waals surface area (Å²) in [5.41, 5.74) is 1.23. The van der Waals surface area contributed by atoms with Gasteiger partial charge in [0.15, 0.2) is 6.61 Å². The molecule has 2 rings (SSSR count). The molecule has 0 radical (unpaired) electrons. The summed E-state index contributed by atoms with van der Waals surface area (Å²) in [5.74, 6) is -0.0110. The van der Waals surface area contributed by atoms with Crippen LogP contribution in [0.1, 0.15) is 5.56 Å². The summed E-state index contributed by atoms with van der Waals surface area (Å²) in [6.45, 7) is -1.66. The van der Waals surface area contributed by atoms with Gasteiger partial charge in [0, 0.05) is 11.8 Å². The zero-order chi connectivity index (χ0) is 19.0. The molecule has 140 valence electrons. The lowest BCUT2D eigenvalue weighted by atomic mass is 10.1. The van der Waals surface area contributed by atoms with Crippen LogP contribution in [-0.2, 0) is 6.42 Å². The maximum absolute atomic E-state index is 12.2. The lowest BCUT2D eigenvalue weighted by Gasteiger charge is -2.17. The Labute approximate surface area is 148 Å². The van der Waals surface area contributed by atoms with E-state index in [4.69, 9.17) is 0 Å². The van der Waals surface area contributed by atoms with E-state index in [9.17, 15) is 23.1 Å². The fourth-order valence-electron chi connectivity index (χ4n) is 2.24. The number of anilines is 1. The van der Waals surface area contributed by atoms with E-state index < -0.39 is 24.9 Å². The van der Waals surface area contributed by atoms with Gasteiger partial charge < -0.3 is 20.5 Å². The van der Waals surface area contributed by atoms with Crippen LogP contribution in [0.25, 0.3) is 0 Å². The van der Waals surface area contributed by atoms with Crippen molar-refractivity contribution in [3.8, 4) is 5.75 Å². The number of amides is 2. The Morgan fingerprint density at radius 2 is 1.85 bits per heavy atom. The van der Waals surface area contributed by atoms with Gasteiger partial charge in [0.25, 0.3) is 0 Å². The minimum Gasteiger partial charge on any atom is -0.484 e. The maximum atomic E-state index is 12.2. The van der Waals surface area contributed by atoms with Gasteiger partial charge in [-0.05, 0) is 24.1 Å². The second kappa shape index (κ2) is 9.10.